The SMILES string of the molecule is C1CCC(CN2C3CCNCC2CC3)C1.Cl. The summed E-state index contributed by atoms with van der Waals surface area (Å²) in [6.45, 7) is 3.92. The quantitative estimate of drug-likeness (QED) is 0.803. The summed E-state index contributed by atoms with van der Waals surface area (Å²) in [7, 11) is 0. The number of fused-ring (bicyclic) bond motifs is 2. The first kappa shape index (κ1) is 12.7. The van der Waals surface area contributed by atoms with Gasteiger partial charge in [0.25, 0.3) is 0 Å². The van der Waals surface area contributed by atoms with Crippen LogP contribution in [0.3, 0.4) is 0 Å². The number of nitrogens with zero attached hydrogens (tertiary/aromatic N) is 1. The summed E-state index contributed by atoms with van der Waals surface area (Å²) >= 11 is 0. The lowest BCUT2D eigenvalue weighted by atomic mass is 10.1. The summed E-state index contributed by atoms with van der Waals surface area (Å²) < 4.78 is 0. The predicted molar refractivity (Wildman–Crippen MR) is 70.2 cm³/mol. The zero-order chi connectivity index (χ0) is 10.1. The molecule has 2 heterocycles. The van der Waals surface area contributed by atoms with Crippen LogP contribution >= 0.6 is 12.4 Å². The summed E-state index contributed by atoms with van der Waals surface area (Å²) in [5.74, 6) is 1.03. The van der Waals surface area contributed by atoms with Gasteiger partial charge >= 0.3 is 0 Å². The minimum Gasteiger partial charge on any atom is -0.315 e. The molecule has 3 heteroatoms. The molecule has 2 bridgehead atoms. The molecule has 0 aromatic heterocycles. The molecule has 1 saturated carbocycles. The molecule has 3 aliphatic rings. The maximum atomic E-state index is 3.59. The van der Waals surface area contributed by atoms with Crippen LogP contribution in [0.4, 0.5) is 0 Å². The van der Waals surface area contributed by atoms with Crippen molar-refractivity contribution in [1.29, 1.82) is 0 Å². The van der Waals surface area contributed by atoms with E-state index in [-0.39, 0.29) is 12.4 Å². The molecule has 1 N–H and O–H groups in total. The lowest BCUT2D eigenvalue weighted by Gasteiger charge is -2.30. The first-order valence-corrected chi connectivity index (χ1v) is 6.90. The van der Waals surface area contributed by atoms with E-state index in [9.17, 15) is 0 Å². The molecule has 2 nitrogen and oxygen atoms in total. The molecule has 3 fully saturated rings. The molecule has 2 aliphatic heterocycles. The highest BCUT2D eigenvalue weighted by molar-refractivity contribution is 5.85. The Bertz CT molecular complexity index is 202. The predicted octanol–water partition coefficient (Wildman–Crippen LogP) is 2.42. The molecule has 94 valence electrons. The monoisotopic (exact) mass is 244 g/mol. The van der Waals surface area contributed by atoms with E-state index in [0.29, 0.717) is 0 Å². The van der Waals surface area contributed by atoms with Crippen LogP contribution < -0.4 is 5.32 Å². The summed E-state index contributed by atoms with van der Waals surface area (Å²) in [5, 5.41) is 3.59. The molecule has 1 aliphatic carbocycles. The Morgan fingerprint density at radius 1 is 0.938 bits per heavy atom. The van der Waals surface area contributed by atoms with Crippen LogP contribution in [0, 0.1) is 5.92 Å². The van der Waals surface area contributed by atoms with Crippen LogP contribution in [0.25, 0.3) is 0 Å². The Kier molecular flexibility index (Phi) is 4.51. The topological polar surface area (TPSA) is 15.3 Å². The van der Waals surface area contributed by atoms with Crippen molar-refractivity contribution in [3.63, 3.8) is 0 Å². The Morgan fingerprint density at radius 3 is 2.50 bits per heavy atom. The van der Waals surface area contributed by atoms with Crippen molar-refractivity contribution >= 4 is 12.4 Å². The zero-order valence-corrected chi connectivity index (χ0v) is 11.0. The van der Waals surface area contributed by atoms with E-state index < -0.39 is 0 Å². The molecular formula is C13H25ClN2. The molecule has 2 saturated heterocycles. The highest BCUT2D eigenvalue weighted by atomic mass is 35.5. The summed E-state index contributed by atoms with van der Waals surface area (Å²) in [4.78, 5) is 2.86. The fourth-order valence-corrected chi connectivity index (χ4v) is 3.87. The highest BCUT2D eigenvalue weighted by Gasteiger charge is 2.36. The number of halogens is 1. The van der Waals surface area contributed by atoms with Crippen LogP contribution in [0.2, 0.25) is 0 Å². The van der Waals surface area contributed by atoms with Crippen molar-refractivity contribution in [3.8, 4) is 0 Å². The van der Waals surface area contributed by atoms with Gasteiger partial charge in [0.1, 0.15) is 0 Å². The van der Waals surface area contributed by atoms with Crippen LogP contribution in [-0.2, 0) is 0 Å². The van der Waals surface area contributed by atoms with Gasteiger partial charge in [-0.05, 0) is 44.6 Å². The van der Waals surface area contributed by atoms with Crippen LogP contribution in [-0.4, -0.2) is 36.6 Å². The van der Waals surface area contributed by atoms with Gasteiger partial charge in [0.15, 0.2) is 0 Å². The Labute approximate surface area is 106 Å². The second-order valence-electron chi connectivity index (χ2n) is 5.73. The molecule has 0 radical (unpaired) electrons. The molecule has 0 aromatic rings. The van der Waals surface area contributed by atoms with E-state index in [1.54, 1.807) is 0 Å². The third kappa shape index (κ3) is 2.55. The van der Waals surface area contributed by atoms with E-state index in [0.717, 1.165) is 18.0 Å². The minimum absolute atomic E-state index is 0. The largest absolute Gasteiger partial charge is 0.315 e. The van der Waals surface area contributed by atoms with Gasteiger partial charge in [-0.1, -0.05) is 12.8 Å². The molecule has 0 amide bonds. The van der Waals surface area contributed by atoms with Crippen LogP contribution in [0.5, 0.6) is 0 Å². The van der Waals surface area contributed by atoms with Gasteiger partial charge < -0.3 is 5.32 Å². The normalized spacial score (nSPS) is 36.0. The van der Waals surface area contributed by atoms with Gasteiger partial charge in [-0.3, -0.25) is 4.90 Å². The minimum atomic E-state index is 0. The zero-order valence-electron chi connectivity index (χ0n) is 10.2. The summed E-state index contributed by atoms with van der Waals surface area (Å²) in [6.07, 6.45) is 10.3. The lowest BCUT2D eigenvalue weighted by molar-refractivity contribution is 0.171. The Hall–Kier alpha value is 0.210. The van der Waals surface area contributed by atoms with Crippen LogP contribution in [0.1, 0.15) is 44.9 Å². The van der Waals surface area contributed by atoms with E-state index in [1.165, 1.54) is 64.6 Å². The summed E-state index contributed by atoms with van der Waals surface area (Å²) in [6, 6.07) is 1.80. The second-order valence-corrected chi connectivity index (χ2v) is 5.73. The summed E-state index contributed by atoms with van der Waals surface area (Å²) in [5.41, 5.74) is 0. The van der Waals surface area contributed by atoms with Gasteiger partial charge in [-0.15, -0.1) is 12.4 Å². The highest BCUT2D eigenvalue weighted by Crippen LogP contribution is 2.32. The van der Waals surface area contributed by atoms with Crippen molar-refractivity contribution in [2.24, 2.45) is 5.92 Å². The molecule has 3 rings (SSSR count). The van der Waals surface area contributed by atoms with Crippen molar-refractivity contribution in [2.75, 3.05) is 19.6 Å². The molecule has 2 atom stereocenters. The van der Waals surface area contributed by atoms with E-state index >= 15 is 0 Å². The third-order valence-electron chi connectivity index (χ3n) is 4.75. The van der Waals surface area contributed by atoms with Gasteiger partial charge in [0, 0.05) is 25.2 Å². The molecule has 16 heavy (non-hydrogen) atoms. The fraction of sp³-hybridized carbons (Fsp3) is 1.00. The second kappa shape index (κ2) is 5.70. The first-order valence-electron chi connectivity index (χ1n) is 6.90. The van der Waals surface area contributed by atoms with E-state index in [4.69, 9.17) is 0 Å². The molecule has 0 aromatic carbocycles. The number of hydrogen-bond acceptors (Lipinski definition) is 2. The van der Waals surface area contributed by atoms with Crippen molar-refractivity contribution in [1.82, 2.24) is 10.2 Å². The van der Waals surface area contributed by atoms with Gasteiger partial charge in [0.05, 0.1) is 0 Å². The average molecular weight is 245 g/mol. The Balaban J connectivity index is 0.000000963. The van der Waals surface area contributed by atoms with Crippen molar-refractivity contribution in [3.05, 3.63) is 0 Å². The lowest BCUT2D eigenvalue weighted by Crippen LogP contribution is -2.40. The average Bonchev–Trinajstić information content (AvgIpc) is 2.76. The fourth-order valence-electron chi connectivity index (χ4n) is 3.87. The van der Waals surface area contributed by atoms with E-state index in [2.05, 4.69) is 10.2 Å². The van der Waals surface area contributed by atoms with Gasteiger partial charge in [0.2, 0.25) is 0 Å². The van der Waals surface area contributed by atoms with E-state index in [1.807, 2.05) is 0 Å². The molecule has 0 spiro atoms. The number of rotatable bonds is 2. The maximum Gasteiger partial charge on any atom is 0.0224 e. The standard InChI is InChI=1S/C13H24N2.ClH/c1-2-4-11(3-1)10-15-12-5-6-13(15)9-14-8-7-12;/h11-14H,1-10H2;1H. The number of nitrogens with one attached hydrogen (secondary N) is 1. The van der Waals surface area contributed by atoms with Gasteiger partial charge in [-0.25, -0.2) is 0 Å². The van der Waals surface area contributed by atoms with Crippen molar-refractivity contribution < 1.29 is 0 Å². The third-order valence-corrected chi connectivity index (χ3v) is 4.75. The Morgan fingerprint density at radius 2 is 1.69 bits per heavy atom. The number of hydrogen-bond donors (Lipinski definition) is 1. The maximum absolute atomic E-state index is 3.59. The van der Waals surface area contributed by atoms with Gasteiger partial charge in [-0.2, -0.15) is 0 Å². The first-order chi connectivity index (χ1) is 7.43. The smallest absolute Gasteiger partial charge is 0.0224 e. The molecule has 2 unspecified atom stereocenters. The molecular weight excluding hydrogens is 220 g/mol. The van der Waals surface area contributed by atoms with Crippen LogP contribution in [0.15, 0.2) is 0 Å². The van der Waals surface area contributed by atoms with Crippen molar-refractivity contribution in [2.45, 2.75) is 57.0 Å².